The van der Waals surface area contributed by atoms with E-state index >= 15 is 0 Å². The molecular weight excluding hydrogens is 355 g/mol. The molecular formula is C15H18BrFN2O3. The van der Waals surface area contributed by atoms with Crippen molar-refractivity contribution in [2.75, 3.05) is 13.1 Å². The third-order valence-corrected chi connectivity index (χ3v) is 4.37. The van der Waals surface area contributed by atoms with Crippen molar-refractivity contribution in [1.82, 2.24) is 10.2 Å². The van der Waals surface area contributed by atoms with Gasteiger partial charge in [-0.05, 0) is 46.0 Å². The zero-order valence-corrected chi connectivity index (χ0v) is 13.8. The number of nitrogens with one attached hydrogen (secondary N) is 1. The number of hydrogen-bond acceptors (Lipinski definition) is 2. The number of carboxylic acids is 1. The monoisotopic (exact) mass is 372 g/mol. The molecule has 7 heteroatoms. The highest BCUT2D eigenvalue weighted by Crippen LogP contribution is 2.22. The summed E-state index contributed by atoms with van der Waals surface area (Å²) in [6.45, 7) is 2.87. The number of carboxylic acid groups (broad SMARTS) is 1. The van der Waals surface area contributed by atoms with Crippen LogP contribution in [0.25, 0.3) is 0 Å². The van der Waals surface area contributed by atoms with Gasteiger partial charge >= 0.3 is 12.0 Å². The molecule has 1 aliphatic rings. The van der Waals surface area contributed by atoms with Crippen LogP contribution in [0.15, 0.2) is 22.7 Å². The zero-order chi connectivity index (χ0) is 16.3. The second kappa shape index (κ2) is 7.09. The van der Waals surface area contributed by atoms with E-state index in [0.29, 0.717) is 23.0 Å². The van der Waals surface area contributed by atoms with Crippen LogP contribution in [-0.4, -0.2) is 35.1 Å². The molecule has 1 fully saturated rings. The number of nitrogens with zero attached hydrogens (tertiary/aromatic N) is 1. The smallest absolute Gasteiger partial charge is 0.317 e. The van der Waals surface area contributed by atoms with E-state index in [4.69, 9.17) is 5.11 Å². The van der Waals surface area contributed by atoms with E-state index in [0.717, 1.165) is 0 Å². The van der Waals surface area contributed by atoms with Crippen molar-refractivity contribution in [1.29, 1.82) is 0 Å². The lowest BCUT2D eigenvalue weighted by molar-refractivity contribution is -0.143. The molecule has 2 amide bonds. The summed E-state index contributed by atoms with van der Waals surface area (Å²) in [5.74, 6) is -1.64. The number of halogens is 2. The van der Waals surface area contributed by atoms with E-state index in [1.54, 1.807) is 12.1 Å². The first-order chi connectivity index (χ1) is 10.4. The van der Waals surface area contributed by atoms with Crippen LogP contribution in [-0.2, 0) is 11.3 Å². The fourth-order valence-electron chi connectivity index (χ4n) is 2.64. The Hall–Kier alpha value is -1.63. The second-order valence-electron chi connectivity index (χ2n) is 5.69. The number of carbonyl (C=O) groups is 2. The van der Waals surface area contributed by atoms with Crippen LogP contribution in [0.3, 0.4) is 0 Å². The van der Waals surface area contributed by atoms with Gasteiger partial charge in [0.25, 0.3) is 0 Å². The molecule has 1 aliphatic heterocycles. The average Bonchev–Trinajstić information content (AvgIpc) is 2.47. The predicted molar refractivity (Wildman–Crippen MR) is 82.8 cm³/mol. The average molecular weight is 373 g/mol. The first-order valence-corrected chi connectivity index (χ1v) is 7.85. The molecule has 0 bridgehead atoms. The highest BCUT2D eigenvalue weighted by molar-refractivity contribution is 9.10. The number of benzene rings is 1. The Kier molecular flexibility index (Phi) is 5.39. The molecule has 2 atom stereocenters. The first-order valence-electron chi connectivity index (χ1n) is 7.06. The second-order valence-corrected chi connectivity index (χ2v) is 6.54. The first kappa shape index (κ1) is 16.7. The molecule has 0 spiro atoms. The fraction of sp³-hybridized carbons (Fsp3) is 0.467. The van der Waals surface area contributed by atoms with Crippen LogP contribution in [0.1, 0.15) is 18.9 Å². The third kappa shape index (κ3) is 4.19. The summed E-state index contributed by atoms with van der Waals surface area (Å²) in [4.78, 5) is 24.8. The lowest BCUT2D eigenvalue weighted by Gasteiger charge is -2.34. The standard InChI is InChI=1S/C15H18BrFN2O3/c1-9-4-11(14(20)21)8-19(7-9)15(22)18-6-10-2-3-12(16)13(17)5-10/h2-3,5,9,11H,4,6-8H2,1H3,(H,18,22)(H,20,21). The quantitative estimate of drug-likeness (QED) is 0.856. The van der Waals surface area contributed by atoms with Crippen LogP contribution in [0.4, 0.5) is 9.18 Å². The molecule has 0 aromatic heterocycles. The Bertz CT molecular complexity index is 582. The van der Waals surface area contributed by atoms with Gasteiger partial charge in [0.15, 0.2) is 0 Å². The molecule has 1 heterocycles. The molecule has 2 rings (SSSR count). The summed E-state index contributed by atoms with van der Waals surface area (Å²) in [6.07, 6.45) is 0.580. The molecule has 22 heavy (non-hydrogen) atoms. The Balaban J connectivity index is 1.93. The maximum Gasteiger partial charge on any atom is 0.317 e. The predicted octanol–water partition coefficient (Wildman–Crippen LogP) is 2.84. The SMILES string of the molecule is CC1CC(C(=O)O)CN(C(=O)NCc2ccc(Br)c(F)c2)C1. The Morgan fingerprint density at radius 2 is 2.18 bits per heavy atom. The topological polar surface area (TPSA) is 69.6 Å². The molecule has 1 aromatic rings. The Morgan fingerprint density at radius 3 is 2.82 bits per heavy atom. The summed E-state index contributed by atoms with van der Waals surface area (Å²) in [7, 11) is 0. The molecule has 120 valence electrons. The molecule has 0 saturated carbocycles. The van der Waals surface area contributed by atoms with E-state index in [1.165, 1.54) is 11.0 Å². The van der Waals surface area contributed by atoms with E-state index in [-0.39, 0.29) is 30.9 Å². The van der Waals surface area contributed by atoms with Crippen LogP contribution in [0.5, 0.6) is 0 Å². The number of hydrogen-bond donors (Lipinski definition) is 2. The molecule has 5 nitrogen and oxygen atoms in total. The summed E-state index contributed by atoms with van der Waals surface area (Å²) in [5, 5.41) is 11.8. The van der Waals surface area contributed by atoms with Gasteiger partial charge in [0.05, 0.1) is 10.4 Å². The Labute approximate surface area is 136 Å². The summed E-state index contributed by atoms with van der Waals surface area (Å²) >= 11 is 3.07. The van der Waals surface area contributed by atoms with Gasteiger partial charge in [-0.3, -0.25) is 4.79 Å². The number of likely N-dealkylation sites (tertiary alicyclic amines) is 1. The van der Waals surface area contributed by atoms with Crippen molar-refractivity contribution in [3.63, 3.8) is 0 Å². The minimum atomic E-state index is -0.876. The zero-order valence-electron chi connectivity index (χ0n) is 12.2. The fourth-order valence-corrected chi connectivity index (χ4v) is 2.88. The van der Waals surface area contributed by atoms with Gasteiger partial charge in [-0.15, -0.1) is 0 Å². The molecule has 1 aromatic carbocycles. The highest BCUT2D eigenvalue weighted by atomic mass is 79.9. The van der Waals surface area contributed by atoms with E-state index in [2.05, 4.69) is 21.2 Å². The van der Waals surface area contributed by atoms with Crippen LogP contribution < -0.4 is 5.32 Å². The minimum absolute atomic E-state index is 0.144. The van der Waals surface area contributed by atoms with Gasteiger partial charge < -0.3 is 15.3 Å². The largest absolute Gasteiger partial charge is 0.481 e. The van der Waals surface area contributed by atoms with Crippen molar-refractivity contribution in [2.45, 2.75) is 19.9 Å². The lowest BCUT2D eigenvalue weighted by Crippen LogP contribution is -2.49. The van der Waals surface area contributed by atoms with Crippen molar-refractivity contribution in [3.05, 3.63) is 34.1 Å². The van der Waals surface area contributed by atoms with Crippen LogP contribution >= 0.6 is 15.9 Å². The highest BCUT2D eigenvalue weighted by Gasteiger charge is 2.31. The maximum atomic E-state index is 13.4. The van der Waals surface area contributed by atoms with E-state index in [1.807, 2.05) is 6.92 Å². The van der Waals surface area contributed by atoms with Gasteiger partial charge in [-0.1, -0.05) is 13.0 Å². The van der Waals surface area contributed by atoms with Crippen molar-refractivity contribution < 1.29 is 19.1 Å². The van der Waals surface area contributed by atoms with Gasteiger partial charge in [0.1, 0.15) is 5.82 Å². The molecule has 2 N–H and O–H groups in total. The van der Waals surface area contributed by atoms with E-state index < -0.39 is 11.9 Å². The Morgan fingerprint density at radius 1 is 1.45 bits per heavy atom. The van der Waals surface area contributed by atoms with Gasteiger partial charge in [0, 0.05) is 19.6 Å². The normalized spacial score (nSPS) is 21.5. The van der Waals surface area contributed by atoms with E-state index in [9.17, 15) is 14.0 Å². The third-order valence-electron chi connectivity index (χ3n) is 3.72. The lowest BCUT2D eigenvalue weighted by atomic mass is 9.91. The number of piperidine rings is 1. The van der Waals surface area contributed by atoms with Crippen LogP contribution in [0.2, 0.25) is 0 Å². The van der Waals surface area contributed by atoms with Crippen molar-refractivity contribution >= 4 is 27.9 Å². The number of amides is 2. The van der Waals surface area contributed by atoms with Crippen molar-refractivity contribution in [2.24, 2.45) is 11.8 Å². The van der Waals surface area contributed by atoms with Crippen LogP contribution in [0, 0.1) is 17.7 Å². The number of aliphatic carboxylic acids is 1. The van der Waals surface area contributed by atoms with Crippen molar-refractivity contribution in [3.8, 4) is 0 Å². The number of rotatable bonds is 3. The number of carbonyl (C=O) groups excluding carboxylic acids is 1. The molecule has 0 radical (unpaired) electrons. The number of urea groups is 1. The van der Waals surface area contributed by atoms with Gasteiger partial charge in [0.2, 0.25) is 0 Å². The molecule has 0 aliphatic carbocycles. The maximum absolute atomic E-state index is 13.4. The molecule has 2 unspecified atom stereocenters. The summed E-state index contributed by atoms with van der Waals surface area (Å²) in [5.41, 5.74) is 0.647. The summed E-state index contributed by atoms with van der Waals surface area (Å²) in [6, 6.07) is 4.33. The van der Waals surface area contributed by atoms with Gasteiger partial charge in [-0.2, -0.15) is 0 Å². The summed E-state index contributed by atoms with van der Waals surface area (Å²) < 4.78 is 13.8. The molecule has 1 saturated heterocycles. The van der Waals surface area contributed by atoms with Gasteiger partial charge in [-0.25, -0.2) is 9.18 Å². The minimum Gasteiger partial charge on any atom is -0.481 e.